The highest BCUT2D eigenvalue weighted by Gasteiger charge is 2.43. The van der Waals surface area contributed by atoms with E-state index in [0.29, 0.717) is 18.4 Å². The van der Waals surface area contributed by atoms with E-state index in [1.54, 1.807) is 11.3 Å². The number of nitrogens with one attached hydrogen (secondary N) is 1. The number of hydrogen-bond donors (Lipinski definition) is 2. The number of rotatable bonds is 6. The summed E-state index contributed by atoms with van der Waals surface area (Å²) in [5, 5.41) is 17.5. The molecule has 142 valence electrons. The largest absolute Gasteiger partial charge is 0.396 e. The molecule has 1 aliphatic heterocycles. The summed E-state index contributed by atoms with van der Waals surface area (Å²) in [5.74, 6) is 1.57. The van der Waals surface area contributed by atoms with Crippen molar-refractivity contribution in [1.29, 1.82) is 0 Å². The Balaban J connectivity index is 1.66. The molecule has 0 bridgehead atoms. The third-order valence-electron chi connectivity index (χ3n) is 5.98. The number of halogens is 1. The maximum atomic E-state index is 9.48. The quantitative estimate of drug-likeness (QED) is 0.726. The summed E-state index contributed by atoms with van der Waals surface area (Å²) in [7, 11) is 0. The lowest BCUT2D eigenvalue weighted by Crippen LogP contribution is -2.46. The minimum atomic E-state index is 0.0597. The van der Waals surface area contributed by atoms with Crippen molar-refractivity contribution in [2.75, 3.05) is 6.61 Å². The molecule has 6 heteroatoms. The second-order valence-corrected chi connectivity index (χ2v) is 9.65. The van der Waals surface area contributed by atoms with E-state index >= 15 is 0 Å². The molecule has 26 heavy (non-hydrogen) atoms. The van der Waals surface area contributed by atoms with Gasteiger partial charge in [0.1, 0.15) is 0 Å². The molecule has 4 nitrogen and oxygen atoms in total. The Morgan fingerprint density at radius 1 is 1.38 bits per heavy atom. The maximum Gasteiger partial charge on any atom is 0.153 e. The average Bonchev–Trinajstić information content (AvgIpc) is 3.22. The first-order valence-corrected chi connectivity index (χ1v) is 10.9. The van der Waals surface area contributed by atoms with Gasteiger partial charge in [0.2, 0.25) is 0 Å². The van der Waals surface area contributed by atoms with Crippen molar-refractivity contribution in [2.45, 2.75) is 75.8 Å². The van der Waals surface area contributed by atoms with Crippen molar-refractivity contribution in [3.63, 3.8) is 0 Å². The zero-order valence-corrected chi connectivity index (χ0v) is 17.0. The van der Waals surface area contributed by atoms with E-state index in [1.165, 1.54) is 23.3 Å². The Hall–Kier alpha value is -0.880. The van der Waals surface area contributed by atoms with Gasteiger partial charge in [-0.25, -0.2) is 0 Å². The fraction of sp³-hybridized carbons (Fsp3) is 0.650. The average molecular weight is 395 g/mol. The van der Waals surface area contributed by atoms with Crippen molar-refractivity contribution >= 4 is 22.9 Å². The molecule has 2 aromatic heterocycles. The van der Waals surface area contributed by atoms with Crippen LogP contribution in [0.4, 0.5) is 0 Å². The molecule has 1 aliphatic carbocycles. The van der Waals surface area contributed by atoms with Gasteiger partial charge in [-0.3, -0.25) is 0 Å². The topological polar surface area (TPSA) is 58.3 Å². The predicted molar refractivity (Wildman–Crippen MR) is 105 cm³/mol. The van der Waals surface area contributed by atoms with Gasteiger partial charge in [0.25, 0.3) is 0 Å². The van der Waals surface area contributed by atoms with Gasteiger partial charge in [-0.1, -0.05) is 23.7 Å². The molecule has 2 fully saturated rings. The highest BCUT2D eigenvalue weighted by molar-refractivity contribution is 7.16. The fourth-order valence-electron chi connectivity index (χ4n) is 4.53. The van der Waals surface area contributed by atoms with Crippen LogP contribution >= 0.6 is 22.9 Å². The molecule has 0 spiro atoms. The SMILES string of the molecule is CCC1(c2sc(Cl)cc2CCO)CC(C)NC(c2cc(C3CC3)no2)C1. The second kappa shape index (κ2) is 7.27. The Morgan fingerprint density at radius 2 is 2.19 bits per heavy atom. The first-order valence-electron chi connectivity index (χ1n) is 9.66. The van der Waals surface area contributed by atoms with Crippen LogP contribution in [0.2, 0.25) is 4.34 Å². The van der Waals surface area contributed by atoms with Crippen LogP contribution in [0.25, 0.3) is 0 Å². The van der Waals surface area contributed by atoms with Gasteiger partial charge >= 0.3 is 0 Å². The Morgan fingerprint density at radius 3 is 2.88 bits per heavy atom. The van der Waals surface area contributed by atoms with E-state index in [1.807, 2.05) is 6.07 Å². The number of nitrogens with zero attached hydrogens (tertiary/aromatic N) is 1. The summed E-state index contributed by atoms with van der Waals surface area (Å²) in [6.07, 6.45) is 6.23. The molecule has 1 saturated carbocycles. The lowest BCUT2D eigenvalue weighted by atomic mass is 9.69. The molecular formula is C20H27ClN2O2S. The van der Waals surface area contributed by atoms with Crippen LogP contribution in [0.1, 0.15) is 79.8 Å². The predicted octanol–water partition coefficient (Wildman–Crippen LogP) is 4.96. The van der Waals surface area contributed by atoms with Crippen molar-refractivity contribution < 1.29 is 9.63 Å². The molecular weight excluding hydrogens is 368 g/mol. The number of aliphatic hydroxyl groups is 1. The standard InChI is InChI=1S/C20H27ClN2O2S/c1-3-20(19-14(6-7-24)8-18(21)26-19)10-12(2)22-16(11-20)17-9-15(23-25-17)13-4-5-13/h8-9,12-13,16,22,24H,3-7,10-11H2,1-2H3. The normalized spacial score (nSPS) is 29.2. The van der Waals surface area contributed by atoms with E-state index in [9.17, 15) is 5.11 Å². The minimum Gasteiger partial charge on any atom is -0.396 e. The first-order chi connectivity index (χ1) is 12.5. The van der Waals surface area contributed by atoms with Gasteiger partial charge in [-0.15, -0.1) is 11.3 Å². The van der Waals surface area contributed by atoms with Gasteiger partial charge in [-0.2, -0.15) is 0 Å². The molecule has 2 N–H and O–H groups in total. The molecule has 0 aromatic carbocycles. The van der Waals surface area contributed by atoms with Gasteiger partial charge < -0.3 is 14.9 Å². The zero-order valence-electron chi connectivity index (χ0n) is 15.4. The van der Waals surface area contributed by atoms with Crippen LogP contribution in [0.15, 0.2) is 16.7 Å². The minimum absolute atomic E-state index is 0.0597. The van der Waals surface area contributed by atoms with Crippen LogP contribution in [0.3, 0.4) is 0 Å². The highest BCUT2D eigenvalue weighted by atomic mass is 35.5. The summed E-state index contributed by atoms with van der Waals surface area (Å²) in [6, 6.07) is 4.74. The van der Waals surface area contributed by atoms with Crippen LogP contribution in [0.5, 0.6) is 0 Å². The van der Waals surface area contributed by atoms with E-state index in [2.05, 4.69) is 30.4 Å². The maximum absolute atomic E-state index is 9.48. The van der Waals surface area contributed by atoms with Crippen LogP contribution in [-0.2, 0) is 11.8 Å². The Bertz CT molecular complexity index is 770. The molecule has 0 radical (unpaired) electrons. The first kappa shape index (κ1) is 18.5. The molecule has 3 atom stereocenters. The zero-order chi connectivity index (χ0) is 18.3. The number of piperidine rings is 1. The van der Waals surface area contributed by atoms with E-state index in [0.717, 1.165) is 35.1 Å². The van der Waals surface area contributed by atoms with Gasteiger partial charge in [0.15, 0.2) is 5.76 Å². The monoisotopic (exact) mass is 394 g/mol. The van der Waals surface area contributed by atoms with Crippen molar-refractivity contribution in [1.82, 2.24) is 10.5 Å². The molecule has 3 unspecified atom stereocenters. The number of thiophene rings is 1. The van der Waals surface area contributed by atoms with Gasteiger partial charge in [0.05, 0.1) is 16.1 Å². The van der Waals surface area contributed by atoms with E-state index < -0.39 is 0 Å². The lowest BCUT2D eigenvalue weighted by Gasteiger charge is -2.43. The van der Waals surface area contributed by atoms with Crippen LogP contribution in [-0.4, -0.2) is 22.9 Å². The molecule has 4 rings (SSSR count). The third-order valence-corrected chi connectivity index (χ3v) is 7.53. The van der Waals surface area contributed by atoms with E-state index in [-0.39, 0.29) is 18.1 Å². The van der Waals surface area contributed by atoms with Crippen molar-refractivity contribution in [3.05, 3.63) is 38.4 Å². The van der Waals surface area contributed by atoms with Gasteiger partial charge in [-0.05, 0) is 57.1 Å². The summed E-state index contributed by atoms with van der Waals surface area (Å²) >= 11 is 8.05. The number of aromatic nitrogens is 1. The molecule has 0 amide bonds. The molecule has 2 aliphatic rings. The smallest absolute Gasteiger partial charge is 0.153 e. The summed E-state index contributed by atoms with van der Waals surface area (Å²) in [5.41, 5.74) is 2.38. The molecule has 1 saturated heterocycles. The second-order valence-electron chi connectivity index (χ2n) is 7.97. The van der Waals surface area contributed by atoms with Gasteiger partial charge in [0, 0.05) is 34.9 Å². The molecule has 2 aromatic rings. The van der Waals surface area contributed by atoms with Crippen molar-refractivity contribution in [3.8, 4) is 0 Å². The summed E-state index contributed by atoms with van der Waals surface area (Å²) in [6.45, 7) is 4.67. The molecule has 3 heterocycles. The van der Waals surface area contributed by atoms with E-state index in [4.69, 9.17) is 16.1 Å². The Kier molecular flexibility index (Phi) is 5.17. The van der Waals surface area contributed by atoms with Crippen molar-refractivity contribution in [2.24, 2.45) is 0 Å². The third kappa shape index (κ3) is 3.47. The van der Waals surface area contributed by atoms with Crippen LogP contribution in [0, 0.1) is 0 Å². The summed E-state index contributed by atoms with van der Waals surface area (Å²) < 4.78 is 6.55. The number of aliphatic hydroxyl groups excluding tert-OH is 1. The fourth-order valence-corrected chi connectivity index (χ4v) is 6.11. The summed E-state index contributed by atoms with van der Waals surface area (Å²) in [4.78, 5) is 1.35. The Labute approximate surface area is 163 Å². The lowest BCUT2D eigenvalue weighted by molar-refractivity contribution is 0.182. The highest BCUT2D eigenvalue weighted by Crippen LogP contribution is 2.49. The number of hydrogen-bond acceptors (Lipinski definition) is 5. The van der Waals surface area contributed by atoms with Crippen LogP contribution < -0.4 is 5.32 Å².